The van der Waals surface area contributed by atoms with E-state index in [1.165, 1.54) is 30.5 Å². The Hall–Kier alpha value is -3.58. The lowest BCUT2D eigenvalue weighted by molar-refractivity contribution is -0.132. The Balaban J connectivity index is 1.93. The van der Waals surface area contributed by atoms with Gasteiger partial charge in [-0.2, -0.15) is 0 Å². The maximum atomic E-state index is 13.2. The van der Waals surface area contributed by atoms with E-state index in [4.69, 9.17) is 9.47 Å². The molecule has 0 saturated carbocycles. The maximum absolute atomic E-state index is 13.2. The average molecular weight is 450 g/mol. The molecule has 1 atom stereocenters. The van der Waals surface area contributed by atoms with E-state index in [0.717, 1.165) is 16.9 Å². The molecular formula is C25H23NO5S. The van der Waals surface area contributed by atoms with Crippen molar-refractivity contribution in [3.63, 3.8) is 0 Å². The standard InChI is InChI=1S/C25H23NO5S/c1-4-15-7-9-16(10-8-15)26-22(20-6-5-13-32-20)21(24(28)25(26)29)23(27)18-14-17(30-2)11-12-19(18)31-3/h5-14,22,27H,4H2,1-3H3/b23-21-. The number of aliphatic hydroxyl groups is 1. The van der Waals surface area contributed by atoms with Crippen molar-refractivity contribution in [2.24, 2.45) is 0 Å². The molecule has 1 fully saturated rings. The number of rotatable bonds is 6. The van der Waals surface area contributed by atoms with Gasteiger partial charge in [0.1, 0.15) is 23.3 Å². The summed E-state index contributed by atoms with van der Waals surface area (Å²) in [4.78, 5) is 28.6. The quantitative estimate of drug-likeness (QED) is 0.327. The van der Waals surface area contributed by atoms with Crippen molar-refractivity contribution in [3.05, 3.63) is 81.6 Å². The predicted octanol–water partition coefficient (Wildman–Crippen LogP) is 4.95. The summed E-state index contributed by atoms with van der Waals surface area (Å²) in [6.45, 7) is 2.05. The summed E-state index contributed by atoms with van der Waals surface area (Å²) in [6, 6.07) is 15.4. The first-order valence-electron chi connectivity index (χ1n) is 10.2. The highest BCUT2D eigenvalue weighted by Crippen LogP contribution is 2.44. The van der Waals surface area contributed by atoms with Crippen LogP contribution in [-0.4, -0.2) is 31.0 Å². The second-order valence-electron chi connectivity index (χ2n) is 7.27. The van der Waals surface area contributed by atoms with Crippen LogP contribution in [0.4, 0.5) is 5.69 Å². The third-order valence-corrected chi connectivity index (χ3v) is 6.47. The largest absolute Gasteiger partial charge is 0.507 e. The van der Waals surface area contributed by atoms with Gasteiger partial charge in [0.05, 0.1) is 25.4 Å². The van der Waals surface area contributed by atoms with Crippen LogP contribution >= 0.6 is 11.3 Å². The zero-order valence-electron chi connectivity index (χ0n) is 18.0. The highest BCUT2D eigenvalue weighted by atomic mass is 32.1. The van der Waals surface area contributed by atoms with E-state index >= 15 is 0 Å². The highest BCUT2D eigenvalue weighted by Gasteiger charge is 2.47. The van der Waals surface area contributed by atoms with Gasteiger partial charge in [0.15, 0.2) is 0 Å². The SMILES string of the molecule is CCc1ccc(N2C(=O)C(=O)/C(=C(\O)c3cc(OC)ccc3OC)C2c2cccs2)cc1. The van der Waals surface area contributed by atoms with Crippen molar-refractivity contribution in [3.8, 4) is 11.5 Å². The summed E-state index contributed by atoms with van der Waals surface area (Å²) in [5, 5.41) is 13.2. The second-order valence-corrected chi connectivity index (χ2v) is 8.25. The summed E-state index contributed by atoms with van der Waals surface area (Å²) in [5.74, 6) is -0.872. The van der Waals surface area contributed by atoms with E-state index in [9.17, 15) is 14.7 Å². The fourth-order valence-electron chi connectivity index (χ4n) is 3.85. The molecule has 7 heteroatoms. The van der Waals surface area contributed by atoms with Crippen molar-refractivity contribution in [2.75, 3.05) is 19.1 Å². The number of amides is 1. The third-order valence-electron chi connectivity index (χ3n) is 5.54. The zero-order valence-corrected chi connectivity index (χ0v) is 18.8. The smallest absolute Gasteiger partial charge is 0.300 e. The highest BCUT2D eigenvalue weighted by molar-refractivity contribution is 7.10. The van der Waals surface area contributed by atoms with Gasteiger partial charge in [-0.1, -0.05) is 25.1 Å². The van der Waals surface area contributed by atoms with Gasteiger partial charge in [0.2, 0.25) is 0 Å². The lowest BCUT2D eigenvalue weighted by Crippen LogP contribution is -2.29. The van der Waals surface area contributed by atoms with Crippen LogP contribution in [0.15, 0.2) is 65.6 Å². The molecule has 3 aromatic rings. The molecule has 1 saturated heterocycles. The molecule has 1 aromatic heterocycles. The summed E-state index contributed by atoms with van der Waals surface area (Å²) >= 11 is 1.42. The number of ketones is 1. The van der Waals surface area contributed by atoms with Crippen LogP contribution in [0.2, 0.25) is 0 Å². The number of aliphatic hydroxyl groups excluding tert-OH is 1. The van der Waals surface area contributed by atoms with E-state index in [1.54, 1.807) is 18.2 Å². The van der Waals surface area contributed by atoms with Gasteiger partial charge in [-0.05, 0) is 53.8 Å². The topological polar surface area (TPSA) is 76.1 Å². The van der Waals surface area contributed by atoms with Gasteiger partial charge in [-0.15, -0.1) is 11.3 Å². The number of hydrogen-bond acceptors (Lipinski definition) is 6. The van der Waals surface area contributed by atoms with Crippen LogP contribution < -0.4 is 14.4 Å². The molecule has 0 spiro atoms. The monoisotopic (exact) mass is 449 g/mol. The molecule has 1 amide bonds. The third kappa shape index (κ3) is 3.65. The minimum Gasteiger partial charge on any atom is -0.507 e. The summed E-state index contributed by atoms with van der Waals surface area (Å²) in [6.07, 6.45) is 0.864. The van der Waals surface area contributed by atoms with Crippen molar-refractivity contribution < 1.29 is 24.2 Å². The number of ether oxygens (including phenoxy) is 2. The Labute approximate surface area is 190 Å². The van der Waals surface area contributed by atoms with Crippen LogP contribution in [-0.2, 0) is 16.0 Å². The van der Waals surface area contributed by atoms with Crippen LogP contribution in [0.3, 0.4) is 0 Å². The average Bonchev–Trinajstić information content (AvgIpc) is 3.45. The van der Waals surface area contributed by atoms with Crippen molar-refractivity contribution in [1.29, 1.82) is 0 Å². The van der Waals surface area contributed by atoms with Gasteiger partial charge < -0.3 is 14.6 Å². The van der Waals surface area contributed by atoms with Gasteiger partial charge in [0.25, 0.3) is 11.7 Å². The molecule has 1 unspecified atom stereocenters. The molecule has 2 heterocycles. The fourth-order valence-corrected chi connectivity index (χ4v) is 4.67. The molecule has 2 aromatic carbocycles. The molecule has 6 nitrogen and oxygen atoms in total. The Morgan fingerprint density at radius 3 is 2.41 bits per heavy atom. The fraction of sp³-hybridized carbons (Fsp3) is 0.200. The minimum atomic E-state index is -0.751. The number of anilines is 1. The molecule has 1 aliphatic heterocycles. The first-order chi connectivity index (χ1) is 15.5. The summed E-state index contributed by atoms with van der Waals surface area (Å²) in [7, 11) is 2.99. The lowest BCUT2D eigenvalue weighted by Gasteiger charge is -2.24. The first-order valence-corrected chi connectivity index (χ1v) is 11.0. The summed E-state index contributed by atoms with van der Waals surface area (Å²) in [5.41, 5.74) is 2.02. The maximum Gasteiger partial charge on any atom is 0.300 e. The van der Waals surface area contributed by atoms with E-state index in [2.05, 4.69) is 0 Å². The van der Waals surface area contributed by atoms with E-state index < -0.39 is 17.7 Å². The molecule has 32 heavy (non-hydrogen) atoms. The number of Topliss-reactive ketones (excluding diaryl/α,β-unsaturated/α-hetero) is 1. The lowest BCUT2D eigenvalue weighted by atomic mass is 9.99. The number of methoxy groups -OCH3 is 2. The summed E-state index contributed by atoms with van der Waals surface area (Å²) < 4.78 is 10.7. The number of aryl methyl sites for hydroxylation is 1. The molecule has 164 valence electrons. The van der Waals surface area contributed by atoms with E-state index in [0.29, 0.717) is 17.2 Å². The number of carbonyl (C=O) groups is 2. The van der Waals surface area contributed by atoms with Gasteiger partial charge in [-0.25, -0.2) is 0 Å². The van der Waals surface area contributed by atoms with E-state index in [-0.39, 0.29) is 16.9 Å². The van der Waals surface area contributed by atoms with Crippen molar-refractivity contribution in [2.45, 2.75) is 19.4 Å². The van der Waals surface area contributed by atoms with E-state index in [1.807, 2.05) is 48.7 Å². The molecular weight excluding hydrogens is 426 g/mol. The number of nitrogens with zero attached hydrogens (tertiary/aromatic N) is 1. The van der Waals surface area contributed by atoms with Crippen LogP contribution in [0.1, 0.15) is 29.0 Å². The molecule has 1 N–H and O–H groups in total. The molecule has 0 bridgehead atoms. The molecule has 4 rings (SSSR count). The second kappa shape index (κ2) is 8.88. The Bertz CT molecular complexity index is 1180. The molecule has 0 aliphatic carbocycles. The number of benzene rings is 2. The van der Waals surface area contributed by atoms with Crippen LogP contribution in [0, 0.1) is 0 Å². The molecule has 0 radical (unpaired) electrons. The zero-order chi connectivity index (χ0) is 22.8. The number of thiophene rings is 1. The van der Waals surface area contributed by atoms with Crippen LogP contribution in [0.25, 0.3) is 5.76 Å². The van der Waals surface area contributed by atoms with Crippen molar-refractivity contribution in [1.82, 2.24) is 0 Å². The van der Waals surface area contributed by atoms with Crippen LogP contribution in [0.5, 0.6) is 11.5 Å². The molecule has 1 aliphatic rings. The Kier molecular flexibility index (Phi) is 6.01. The Morgan fingerprint density at radius 2 is 1.81 bits per heavy atom. The Morgan fingerprint density at radius 1 is 1.06 bits per heavy atom. The number of hydrogen-bond donors (Lipinski definition) is 1. The van der Waals surface area contributed by atoms with Gasteiger partial charge in [0, 0.05) is 10.6 Å². The van der Waals surface area contributed by atoms with Gasteiger partial charge >= 0.3 is 0 Å². The van der Waals surface area contributed by atoms with Crippen molar-refractivity contribution >= 4 is 34.5 Å². The minimum absolute atomic E-state index is 0.0172. The van der Waals surface area contributed by atoms with Gasteiger partial charge in [-0.3, -0.25) is 14.5 Å². The first kappa shape index (κ1) is 21.6. The predicted molar refractivity (Wildman–Crippen MR) is 124 cm³/mol. The number of carbonyl (C=O) groups excluding carboxylic acids is 2. The normalized spacial score (nSPS) is 17.6.